The molecule has 4 nitrogen and oxygen atoms in total. The van der Waals surface area contributed by atoms with E-state index in [2.05, 4.69) is 28.8 Å². The monoisotopic (exact) mass is 390 g/mol. The first-order valence-corrected chi connectivity index (χ1v) is 10.4. The van der Waals surface area contributed by atoms with E-state index in [0.717, 1.165) is 18.4 Å². The van der Waals surface area contributed by atoms with Crippen molar-refractivity contribution >= 4 is 34.5 Å². The van der Waals surface area contributed by atoms with Crippen LogP contribution in [0.15, 0.2) is 60.0 Å². The van der Waals surface area contributed by atoms with Crippen LogP contribution < -0.4 is 10.6 Å². The molecule has 1 aromatic heterocycles. The molecule has 0 saturated carbocycles. The van der Waals surface area contributed by atoms with Gasteiger partial charge in [-0.05, 0) is 72.0 Å². The zero-order valence-electron chi connectivity index (χ0n) is 15.5. The van der Waals surface area contributed by atoms with Crippen LogP contribution in [0.25, 0.3) is 0 Å². The van der Waals surface area contributed by atoms with Crippen molar-refractivity contribution in [2.75, 3.05) is 10.6 Å². The lowest BCUT2D eigenvalue weighted by atomic mass is 9.90. The van der Waals surface area contributed by atoms with Crippen molar-refractivity contribution in [3.63, 3.8) is 0 Å². The van der Waals surface area contributed by atoms with E-state index in [0.29, 0.717) is 22.7 Å². The predicted octanol–water partition coefficient (Wildman–Crippen LogP) is 5.06. The zero-order valence-corrected chi connectivity index (χ0v) is 16.4. The summed E-state index contributed by atoms with van der Waals surface area (Å²) in [5, 5.41) is 7.66. The normalized spacial score (nSPS) is 12.9. The van der Waals surface area contributed by atoms with Gasteiger partial charge in [0.05, 0.1) is 11.3 Å². The first-order chi connectivity index (χ1) is 13.7. The number of hydrogen-bond acceptors (Lipinski definition) is 3. The Hall–Kier alpha value is -2.92. The summed E-state index contributed by atoms with van der Waals surface area (Å²) in [6.45, 7) is 0. The van der Waals surface area contributed by atoms with Gasteiger partial charge in [0.25, 0.3) is 5.91 Å². The molecule has 0 bridgehead atoms. The molecule has 1 aliphatic rings. The molecule has 0 unspecified atom stereocenters. The predicted molar refractivity (Wildman–Crippen MR) is 114 cm³/mol. The zero-order chi connectivity index (χ0) is 19.3. The largest absolute Gasteiger partial charge is 0.326 e. The highest BCUT2D eigenvalue weighted by atomic mass is 32.1. The molecule has 3 aromatic rings. The number of carbonyl (C=O) groups is 2. The third kappa shape index (κ3) is 4.49. The first-order valence-electron chi connectivity index (χ1n) is 9.53. The van der Waals surface area contributed by atoms with Crippen LogP contribution >= 0.6 is 11.3 Å². The lowest BCUT2D eigenvalue weighted by Crippen LogP contribution is -2.15. The van der Waals surface area contributed by atoms with Crippen molar-refractivity contribution in [3.05, 3.63) is 81.5 Å². The van der Waals surface area contributed by atoms with Crippen molar-refractivity contribution in [3.8, 4) is 0 Å². The van der Waals surface area contributed by atoms with Crippen molar-refractivity contribution in [2.45, 2.75) is 32.1 Å². The molecule has 0 fully saturated rings. The van der Waals surface area contributed by atoms with E-state index in [9.17, 15) is 9.59 Å². The number of fused-ring (bicyclic) bond motifs is 1. The van der Waals surface area contributed by atoms with Crippen molar-refractivity contribution in [1.82, 2.24) is 0 Å². The van der Waals surface area contributed by atoms with E-state index >= 15 is 0 Å². The van der Waals surface area contributed by atoms with E-state index in [1.165, 1.54) is 35.3 Å². The molecule has 4 rings (SSSR count). The molecule has 0 spiro atoms. The maximum atomic E-state index is 12.5. The van der Waals surface area contributed by atoms with Crippen molar-refractivity contribution in [1.29, 1.82) is 0 Å². The minimum Gasteiger partial charge on any atom is -0.326 e. The van der Waals surface area contributed by atoms with Gasteiger partial charge in [0, 0.05) is 11.4 Å². The lowest BCUT2D eigenvalue weighted by Gasteiger charge is -2.16. The molecule has 0 saturated heterocycles. The second-order valence-electron chi connectivity index (χ2n) is 7.05. The van der Waals surface area contributed by atoms with Crippen LogP contribution in [0, 0.1) is 0 Å². The fraction of sp³-hybridized carbons (Fsp3) is 0.217. The van der Waals surface area contributed by atoms with Crippen molar-refractivity contribution in [2.24, 2.45) is 0 Å². The number of benzene rings is 2. The molecule has 142 valence electrons. The van der Waals surface area contributed by atoms with E-state index in [1.807, 2.05) is 29.6 Å². The fourth-order valence-electron chi connectivity index (χ4n) is 3.56. The first kappa shape index (κ1) is 18.4. The summed E-state index contributed by atoms with van der Waals surface area (Å²) in [6, 6.07) is 17.2. The van der Waals surface area contributed by atoms with Gasteiger partial charge in [0.2, 0.25) is 5.91 Å². The number of hydrogen-bond donors (Lipinski definition) is 2. The van der Waals surface area contributed by atoms with Crippen LogP contribution in [-0.4, -0.2) is 11.8 Å². The lowest BCUT2D eigenvalue weighted by molar-refractivity contribution is -0.115. The number of aryl methyl sites for hydroxylation is 2. The summed E-state index contributed by atoms with van der Waals surface area (Å²) in [5.41, 5.74) is 5.18. The Labute approximate surface area is 168 Å². The molecule has 0 radical (unpaired) electrons. The van der Waals surface area contributed by atoms with Crippen LogP contribution in [0.3, 0.4) is 0 Å². The molecule has 2 aromatic carbocycles. The minimum absolute atomic E-state index is 0.0579. The highest BCUT2D eigenvalue weighted by Crippen LogP contribution is 2.23. The Balaban J connectivity index is 1.38. The van der Waals surface area contributed by atoms with Crippen LogP contribution in [-0.2, 0) is 24.1 Å². The Morgan fingerprint density at radius 2 is 1.64 bits per heavy atom. The standard InChI is InChI=1S/C23H22N2O2S/c26-22(14-16-10-11-17-5-1-2-6-18(17)13-16)24-19-7-3-8-20(15-19)25-23(27)21-9-4-12-28-21/h3-4,7-13,15H,1-2,5-6,14H2,(H,24,26)(H,25,27). The van der Waals surface area contributed by atoms with E-state index in [4.69, 9.17) is 0 Å². The molecule has 1 aliphatic carbocycles. The second-order valence-corrected chi connectivity index (χ2v) is 8.00. The maximum Gasteiger partial charge on any atom is 0.265 e. The molecule has 28 heavy (non-hydrogen) atoms. The minimum atomic E-state index is -0.146. The molecule has 0 aliphatic heterocycles. The van der Waals surface area contributed by atoms with Gasteiger partial charge < -0.3 is 10.6 Å². The van der Waals surface area contributed by atoms with Gasteiger partial charge in [0.15, 0.2) is 0 Å². The van der Waals surface area contributed by atoms with E-state index in [1.54, 1.807) is 12.1 Å². The Bertz CT molecular complexity index is 996. The smallest absolute Gasteiger partial charge is 0.265 e. The number of carbonyl (C=O) groups excluding carboxylic acids is 2. The van der Waals surface area contributed by atoms with Gasteiger partial charge in [0.1, 0.15) is 0 Å². The molecule has 1 heterocycles. The van der Waals surface area contributed by atoms with Crippen LogP contribution in [0.4, 0.5) is 11.4 Å². The van der Waals surface area contributed by atoms with Crippen LogP contribution in [0.2, 0.25) is 0 Å². The number of amides is 2. The van der Waals surface area contributed by atoms with Gasteiger partial charge in [-0.1, -0.05) is 30.3 Å². The number of anilines is 2. The third-order valence-corrected chi connectivity index (χ3v) is 5.80. The molecular weight excluding hydrogens is 368 g/mol. The maximum absolute atomic E-state index is 12.5. The summed E-state index contributed by atoms with van der Waals surface area (Å²) in [6.07, 6.45) is 5.08. The van der Waals surface area contributed by atoms with Gasteiger partial charge >= 0.3 is 0 Å². The highest BCUT2D eigenvalue weighted by molar-refractivity contribution is 7.12. The summed E-state index contributed by atoms with van der Waals surface area (Å²) in [4.78, 5) is 25.3. The number of thiophene rings is 1. The number of rotatable bonds is 5. The molecular formula is C23H22N2O2S. The van der Waals surface area contributed by atoms with Gasteiger partial charge in [-0.15, -0.1) is 11.3 Å². The summed E-state index contributed by atoms with van der Waals surface area (Å²) in [5.74, 6) is -0.204. The van der Waals surface area contributed by atoms with E-state index < -0.39 is 0 Å². The average Bonchev–Trinajstić information content (AvgIpc) is 3.23. The quantitative estimate of drug-likeness (QED) is 0.640. The summed E-state index contributed by atoms with van der Waals surface area (Å²) >= 11 is 1.39. The highest BCUT2D eigenvalue weighted by Gasteiger charge is 2.12. The van der Waals surface area contributed by atoms with E-state index in [-0.39, 0.29) is 11.8 Å². The number of nitrogens with one attached hydrogen (secondary N) is 2. The Morgan fingerprint density at radius 3 is 2.43 bits per heavy atom. The fourth-order valence-corrected chi connectivity index (χ4v) is 4.18. The van der Waals surface area contributed by atoms with Crippen LogP contribution in [0.5, 0.6) is 0 Å². The van der Waals surface area contributed by atoms with Gasteiger partial charge in [-0.2, -0.15) is 0 Å². The van der Waals surface area contributed by atoms with Crippen molar-refractivity contribution < 1.29 is 9.59 Å². The molecule has 2 amide bonds. The topological polar surface area (TPSA) is 58.2 Å². The summed E-state index contributed by atoms with van der Waals surface area (Å²) in [7, 11) is 0. The van der Waals surface area contributed by atoms with Crippen LogP contribution in [0.1, 0.15) is 39.2 Å². The third-order valence-electron chi connectivity index (χ3n) is 4.93. The van der Waals surface area contributed by atoms with Gasteiger partial charge in [-0.25, -0.2) is 0 Å². The molecule has 5 heteroatoms. The molecule has 0 atom stereocenters. The second kappa shape index (κ2) is 8.40. The molecule has 2 N–H and O–H groups in total. The Kier molecular flexibility index (Phi) is 5.53. The van der Waals surface area contributed by atoms with Gasteiger partial charge in [-0.3, -0.25) is 9.59 Å². The summed E-state index contributed by atoms with van der Waals surface area (Å²) < 4.78 is 0. The average molecular weight is 391 g/mol. The SMILES string of the molecule is O=C(Cc1ccc2c(c1)CCCC2)Nc1cccc(NC(=O)c2cccs2)c1. The Morgan fingerprint density at radius 1 is 0.857 bits per heavy atom.